The molecule has 2 aromatic rings. The minimum Gasteiger partial charge on any atom is -0.309 e. The maximum atomic E-state index is 12.8. The molecule has 1 N–H and O–H groups in total. The standard InChI is InChI=1S/C17H18F3N3O3S/c1-4-11-7-8-21-14(9-11)23-15(24)16(2,3)27(25,26)12-5-6-13(22-10-12)17(18,19)20/h5-10H,4H2,1-3H3,(H,21,23,24). The monoisotopic (exact) mass is 401 g/mol. The number of alkyl halides is 3. The van der Waals surface area contributed by atoms with Crippen LogP contribution in [0, 0.1) is 0 Å². The molecule has 0 saturated heterocycles. The van der Waals surface area contributed by atoms with Crippen molar-refractivity contribution < 1.29 is 26.4 Å². The summed E-state index contributed by atoms with van der Waals surface area (Å²) in [6.07, 6.45) is -1.91. The lowest BCUT2D eigenvalue weighted by atomic mass is 10.2. The molecule has 0 aromatic carbocycles. The number of halogens is 3. The van der Waals surface area contributed by atoms with Crippen LogP contribution in [0.1, 0.15) is 32.0 Å². The van der Waals surface area contributed by atoms with Crippen molar-refractivity contribution in [2.45, 2.75) is 43.0 Å². The molecule has 0 atom stereocenters. The van der Waals surface area contributed by atoms with Crippen LogP contribution in [0.4, 0.5) is 19.0 Å². The van der Waals surface area contributed by atoms with Gasteiger partial charge in [0.15, 0.2) is 9.84 Å². The average molecular weight is 401 g/mol. The zero-order chi connectivity index (χ0) is 20.5. The summed E-state index contributed by atoms with van der Waals surface area (Å²) in [5, 5.41) is 2.44. The molecule has 0 fully saturated rings. The second-order valence-electron chi connectivity index (χ2n) is 6.25. The quantitative estimate of drug-likeness (QED) is 0.831. The largest absolute Gasteiger partial charge is 0.433 e. The van der Waals surface area contributed by atoms with Crippen molar-refractivity contribution in [2.75, 3.05) is 5.32 Å². The number of hydrogen-bond acceptors (Lipinski definition) is 5. The zero-order valence-corrected chi connectivity index (χ0v) is 15.6. The highest BCUT2D eigenvalue weighted by Gasteiger charge is 2.43. The van der Waals surface area contributed by atoms with E-state index in [1.807, 2.05) is 6.92 Å². The minimum atomic E-state index is -4.69. The molecule has 6 nitrogen and oxygen atoms in total. The fourth-order valence-corrected chi connectivity index (χ4v) is 3.48. The van der Waals surface area contributed by atoms with Gasteiger partial charge in [-0.1, -0.05) is 6.92 Å². The Labute approximate surface area is 154 Å². The number of sulfone groups is 1. The topological polar surface area (TPSA) is 89.0 Å². The van der Waals surface area contributed by atoms with Crippen LogP contribution < -0.4 is 5.32 Å². The number of carbonyl (C=O) groups is 1. The van der Waals surface area contributed by atoms with Crippen LogP contribution in [0.3, 0.4) is 0 Å². The van der Waals surface area contributed by atoms with Crippen molar-refractivity contribution in [3.8, 4) is 0 Å². The molecular formula is C17H18F3N3O3S. The number of aryl methyl sites for hydroxylation is 1. The number of carbonyl (C=O) groups excluding carboxylic acids is 1. The molecule has 146 valence electrons. The van der Waals surface area contributed by atoms with Crippen LogP contribution in [0.15, 0.2) is 41.6 Å². The van der Waals surface area contributed by atoms with Crippen LogP contribution in [-0.2, 0) is 27.2 Å². The molecule has 0 aliphatic heterocycles. The van der Waals surface area contributed by atoms with E-state index in [2.05, 4.69) is 15.3 Å². The molecule has 0 radical (unpaired) electrons. The smallest absolute Gasteiger partial charge is 0.309 e. The summed E-state index contributed by atoms with van der Waals surface area (Å²) in [6.45, 7) is 4.24. The fourth-order valence-electron chi connectivity index (χ4n) is 2.15. The van der Waals surface area contributed by atoms with Gasteiger partial charge < -0.3 is 5.32 Å². The molecule has 0 saturated carbocycles. The van der Waals surface area contributed by atoms with E-state index in [0.29, 0.717) is 18.7 Å². The second kappa shape index (κ2) is 7.26. The van der Waals surface area contributed by atoms with Gasteiger partial charge in [-0.05, 0) is 50.1 Å². The first-order valence-corrected chi connectivity index (χ1v) is 9.42. The van der Waals surface area contributed by atoms with Crippen LogP contribution in [0.2, 0.25) is 0 Å². The Balaban J connectivity index is 2.31. The Hall–Kier alpha value is -2.49. The molecule has 27 heavy (non-hydrogen) atoms. The number of rotatable bonds is 5. The normalized spacial score (nSPS) is 12.7. The van der Waals surface area contributed by atoms with Gasteiger partial charge in [-0.25, -0.2) is 13.4 Å². The number of anilines is 1. The first-order chi connectivity index (χ1) is 12.4. The SMILES string of the molecule is CCc1ccnc(NC(=O)C(C)(C)S(=O)(=O)c2ccc(C(F)(F)F)nc2)c1. The van der Waals surface area contributed by atoms with E-state index >= 15 is 0 Å². The van der Waals surface area contributed by atoms with Crippen molar-refractivity contribution in [3.05, 3.63) is 47.9 Å². The van der Waals surface area contributed by atoms with Gasteiger partial charge in [0.2, 0.25) is 5.91 Å². The zero-order valence-electron chi connectivity index (χ0n) is 14.8. The van der Waals surface area contributed by atoms with Gasteiger partial charge in [-0.2, -0.15) is 13.2 Å². The molecule has 0 aliphatic carbocycles. The van der Waals surface area contributed by atoms with Crippen molar-refractivity contribution in [1.82, 2.24) is 9.97 Å². The third-order valence-electron chi connectivity index (χ3n) is 4.03. The fraction of sp³-hybridized carbons (Fsp3) is 0.353. The number of pyridine rings is 2. The van der Waals surface area contributed by atoms with Crippen molar-refractivity contribution >= 4 is 21.6 Å². The Morgan fingerprint density at radius 1 is 1.15 bits per heavy atom. The predicted octanol–water partition coefficient (Wildman–Crippen LogP) is 3.25. The van der Waals surface area contributed by atoms with Crippen molar-refractivity contribution in [3.63, 3.8) is 0 Å². The lowest BCUT2D eigenvalue weighted by Crippen LogP contribution is -2.44. The molecule has 0 bridgehead atoms. The second-order valence-corrected chi connectivity index (χ2v) is 8.75. The van der Waals surface area contributed by atoms with Gasteiger partial charge in [-0.3, -0.25) is 9.78 Å². The summed E-state index contributed by atoms with van der Waals surface area (Å²) in [4.78, 5) is 19.2. The van der Waals surface area contributed by atoms with Gasteiger partial charge in [0.05, 0.1) is 4.90 Å². The molecule has 1 amide bonds. The van der Waals surface area contributed by atoms with Crippen LogP contribution in [-0.4, -0.2) is 29.0 Å². The van der Waals surface area contributed by atoms with Crippen molar-refractivity contribution in [2.24, 2.45) is 0 Å². The molecule has 2 rings (SSSR count). The van der Waals surface area contributed by atoms with E-state index in [-0.39, 0.29) is 5.82 Å². The van der Waals surface area contributed by atoms with E-state index in [1.54, 1.807) is 12.1 Å². The number of hydrogen-bond donors (Lipinski definition) is 1. The van der Waals surface area contributed by atoms with Crippen LogP contribution in [0.25, 0.3) is 0 Å². The lowest BCUT2D eigenvalue weighted by molar-refractivity contribution is -0.141. The summed E-state index contributed by atoms with van der Waals surface area (Å²) < 4.78 is 61.4. The van der Waals surface area contributed by atoms with Gasteiger partial charge in [0, 0.05) is 12.4 Å². The Kier molecular flexibility index (Phi) is 5.60. The number of amides is 1. The molecule has 0 aliphatic rings. The van der Waals surface area contributed by atoms with E-state index in [4.69, 9.17) is 0 Å². The van der Waals surface area contributed by atoms with Crippen LogP contribution in [0.5, 0.6) is 0 Å². The molecule has 2 heterocycles. The van der Waals surface area contributed by atoms with E-state index in [9.17, 15) is 26.4 Å². The number of nitrogens with zero attached hydrogens (tertiary/aromatic N) is 2. The molecule has 0 unspecified atom stereocenters. The van der Waals surface area contributed by atoms with E-state index in [1.165, 1.54) is 20.0 Å². The minimum absolute atomic E-state index is 0.188. The lowest BCUT2D eigenvalue weighted by Gasteiger charge is -2.23. The van der Waals surface area contributed by atoms with Gasteiger partial charge >= 0.3 is 6.18 Å². The molecule has 10 heteroatoms. The summed E-state index contributed by atoms with van der Waals surface area (Å²) in [5.41, 5.74) is -0.322. The van der Waals surface area contributed by atoms with Crippen LogP contribution >= 0.6 is 0 Å². The third kappa shape index (κ3) is 4.26. The summed E-state index contributed by atoms with van der Waals surface area (Å²) >= 11 is 0. The highest BCUT2D eigenvalue weighted by molar-refractivity contribution is 7.93. The summed E-state index contributed by atoms with van der Waals surface area (Å²) in [7, 11) is -4.31. The molecule has 0 spiro atoms. The third-order valence-corrected chi connectivity index (χ3v) is 6.42. The first kappa shape index (κ1) is 20.8. The Bertz CT molecular complexity index is 940. The number of nitrogens with one attached hydrogen (secondary N) is 1. The maximum absolute atomic E-state index is 12.8. The summed E-state index contributed by atoms with van der Waals surface area (Å²) in [6, 6.07) is 4.72. The Morgan fingerprint density at radius 3 is 2.33 bits per heavy atom. The average Bonchev–Trinajstić information content (AvgIpc) is 2.61. The first-order valence-electron chi connectivity index (χ1n) is 7.94. The van der Waals surface area contributed by atoms with Crippen molar-refractivity contribution in [1.29, 1.82) is 0 Å². The van der Waals surface area contributed by atoms with Gasteiger partial charge in [0.1, 0.15) is 16.3 Å². The highest BCUT2D eigenvalue weighted by Crippen LogP contribution is 2.30. The van der Waals surface area contributed by atoms with Gasteiger partial charge in [-0.15, -0.1) is 0 Å². The highest BCUT2D eigenvalue weighted by atomic mass is 32.2. The Morgan fingerprint density at radius 2 is 1.81 bits per heavy atom. The predicted molar refractivity (Wildman–Crippen MR) is 92.7 cm³/mol. The number of aromatic nitrogens is 2. The van der Waals surface area contributed by atoms with E-state index < -0.39 is 37.3 Å². The maximum Gasteiger partial charge on any atom is 0.433 e. The van der Waals surface area contributed by atoms with E-state index in [0.717, 1.165) is 11.6 Å². The molecular weight excluding hydrogens is 383 g/mol. The van der Waals surface area contributed by atoms with Gasteiger partial charge in [0.25, 0.3) is 0 Å². The molecule has 2 aromatic heterocycles. The summed E-state index contributed by atoms with van der Waals surface area (Å²) in [5.74, 6) is -0.670.